The van der Waals surface area contributed by atoms with Crippen LogP contribution in [0.3, 0.4) is 0 Å². The van der Waals surface area contributed by atoms with Crippen LogP contribution in [0.15, 0.2) is 87.8 Å². The van der Waals surface area contributed by atoms with E-state index in [-0.39, 0.29) is 24.6 Å². The molecule has 10 heteroatoms. The molecule has 2 aromatic rings. The molecule has 2 aromatic carbocycles. The van der Waals surface area contributed by atoms with Crippen molar-refractivity contribution in [2.75, 3.05) is 19.7 Å². The SMILES string of the molecule is C=C(COC(=O)c1ccccc1)C1=CC(NC(=O)OC(C)(C)C)CN(S(=O)(=O)c2ccc(Br)cc2)C1. The Balaban J connectivity index is 1.81. The van der Waals surface area contributed by atoms with Gasteiger partial charge in [0.2, 0.25) is 10.0 Å². The molecular formula is C26H29BrN2O6S. The van der Waals surface area contributed by atoms with Crippen LogP contribution in [0.2, 0.25) is 0 Å². The third kappa shape index (κ3) is 7.52. The molecule has 192 valence electrons. The number of carbonyl (C=O) groups excluding carboxylic acids is 2. The molecule has 3 rings (SSSR count). The quantitative estimate of drug-likeness (QED) is 0.480. The van der Waals surface area contributed by atoms with Gasteiger partial charge in [0, 0.05) is 17.6 Å². The monoisotopic (exact) mass is 576 g/mol. The number of nitrogens with one attached hydrogen (secondary N) is 1. The number of nitrogens with zero attached hydrogens (tertiary/aromatic N) is 1. The maximum absolute atomic E-state index is 13.4. The first-order valence-corrected chi connectivity index (χ1v) is 13.4. The molecule has 0 radical (unpaired) electrons. The zero-order chi connectivity index (χ0) is 26.5. The first-order chi connectivity index (χ1) is 16.8. The summed E-state index contributed by atoms with van der Waals surface area (Å²) in [6, 6.07) is 14.1. The molecular weight excluding hydrogens is 548 g/mol. The molecule has 1 unspecified atom stereocenters. The van der Waals surface area contributed by atoms with Crippen LogP contribution < -0.4 is 5.32 Å². The third-order valence-corrected chi connectivity index (χ3v) is 7.50. The Morgan fingerprint density at radius 1 is 1.11 bits per heavy atom. The smallest absolute Gasteiger partial charge is 0.408 e. The summed E-state index contributed by atoms with van der Waals surface area (Å²) < 4.78 is 39.5. The summed E-state index contributed by atoms with van der Waals surface area (Å²) in [7, 11) is -3.89. The molecule has 36 heavy (non-hydrogen) atoms. The average Bonchev–Trinajstić information content (AvgIpc) is 2.81. The number of amides is 1. The number of alkyl carbamates (subject to hydrolysis) is 1. The number of hydrogen-bond acceptors (Lipinski definition) is 6. The van der Waals surface area contributed by atoms with Gasteiger partial charge in [0.1, 0.15) is 12.2 Å². The van der Waals surface area contributed by atoms with Crippen LogP contribution in [0, 0.1) is 0 Å². The van der Waals surface area contributed by atoms with Crippen LogP contribution in [0.1, 0.15) is 31.1 Å². The fourth-order valence-corrected chi connectivity index (χ4v) is 5.15. The van der Waals surface area contributed by atoms with Gasteiger partial charge in [-0.1, -0.05) is 46.8 Å². The standard InChI is InChI=1S/C26H29BrN2O6S/c1-18(17-34-24(30)19-8-6-5-7-9-19)20-14-22(28-25(31)35-26(2,3)4)16-29(15-20)36(32,33)23-12-10-21(27)11-13-23/h5-14,22H,1,15-17H2,2-4H3,(H,28,31). The Bertz CT molecular complexity index is 1250. The van der Waals surface area contributed by atoms with Gasteiger partial charge in [-0.25, -0.2) is 18.0 Å². The molecule has 0 bridgehead atoms. The predicted molar refractivity (Wildman–Crippen MR) is 140 cm³/mol. The van der Waals surface area contributed by atoms with E-state index in [1.807, 2.05) is 0 Å². The summed E-state index contributed by atoms with van der Waals surface area (Å²) in [5.74, 6) is -0.518. The maximum Gasteiger partial charge on any atom is 0.408 e. The predicted octanol–water partition coefficient (Wildman–Crippen LogP) is 4.69. The van der Waals surface area contributed by atoms with Gasteiger partial charge in [-0.3, -0.25) is 0 Å². The summed E-state index contributed by atoms with van der Waals surface area (Å²) in [6.07, 6.45) is 1.04. The van der Waals surface area contributed by atoms with Crippen LogP contribution >= 0.6 is 15.9 Å². The van der Waals surface area contributed by atoms with Gasteiger partial charge >= 0.3 is 12.1 Å². The minimum Gasteiger partial charge on any atom is -0.457 e. The highest BCUT2D eigenvalue weighted by Crippen LogP contribution is 2.25. The van der Waals surface area contributed by atoms with Gasteiger partial charge in [0.05, 0.1) is 16.5 Å². The lowest BCUT2D eigenvalue weighted by Crippen LogP contribution is -2.49. The van der Waals surface area contributed by atoms with E-state index in [0.29, 0.717) is 16.7 Å². The largest absolute Gasteiger partial charge is 0.457 e. The molecule has 0 aliphatic carbocycles. The van der Waals surface area contributed by atoms with Crippen molar-refractivity contribution in [3.63, 3.8) is 0 Å². The number of esters is 1. The Morgan fingerprint density at radius 3 is 2.36 bits per heavy atom. The highest BCUT2D eigenvalue weighted by molar-refractivity contribution is 9.10. The van der Waals surface area contributed by atoms with Gasteiger partial charge in [0.15, 0.2) is 0 Å². The summed E-state index contributed by atoms with van der Waals surface area (Å²) >= 11 is 3.31. The highest BCUT2D eigenvalue weighted by Gasteiger charge is 2.33. The Kier molecular flexibility index (Phi) is 8.76. The lowest BCUT2D eigenvalue weighted by molar-refractivity contribution is 0.0508. The van der Waals surface area contributed by atoms with Gasteiger partial charge in [-0.2, -0.15) is 4.31 Å². The summed E-state index contributed by atoms with van der Waals surface area (Å²) in [5.41, 5.74) is 0.630. The highest BCUT2D eigenvalue weighted by atomic mass is 79.9. The number of ether oxygens (including phenoxy) is 2. The fraction of sp³-hybridized carbons (Fsp3) is 0.308. The molecule has 1 atom stereocenters. The molecule has 1 aliphatic rings. The van der Waals surface area contributed by atoms with Crippen molar-refractivity contribution in [1.82, 2.24) is 9.62 Å². The van der Waals surface area contributed by atoms with Crippen molar-refractivity contribution < 1.29 is 27.5 Å². The number of carbonyl (C=O) groups is 2. The van der Waals surface area contributed by atoms with Crippen LogP contribution in [0.25, 0.3) is 0 Å². The van der Waals surface area contributed by atoms with Crippen molar-refractivity contribution in [2.45, 2.75) is 37.3 Å². The van der Waals surface area contributed by atoms with Crippen molar-refractivity contribution >= 4 is 38.0 Å². The van der Waals surface area contributed by atoms with Gasteiger partial charge < -0.3 is 14.8 Å². The van der Waals surface area contributed by atoms with E-state index in [1.165, 1.54) is 16.4 Å². The van der Waals surface area contributed by atoms with Crippen molar-refractivity contribution in [3.05, 3.63) is 88.4 Å². The number of hydrogen-bond donors (Lipinski definition) is 1. The van der Waals surface area contributed by atoms with Crippen LogP contribution in [-0.4, -0.2) is 56.1 Å². The average molecular weight is 577 g/mol. The zero-order valence-corrected chi connectivity index (χ0v) is 22.8. The Morgan fingerprint density at radius 2 is 1.75 bits per heavy atom. The van der Waals surface area contributed by atoms with Crippen LogP contribution in [-0.2, 0) is 19.5 Å². The number of halogens is 1. The molecule has 0 fully saturated rings. The van der Waals surface area contributed by atoms with Gasteiger partial charge in [0.25, 0.3) is 0 Å². The Hall–Kier alpha value is -2.95. The molecule has 1 aliphatic heterocycles. The molecule has 1 amide bonds. The van der Waals surface area contributed by atoms with Crippen LogP contribution in [0.5, 0.6) is 0 Å². The normalized spacial score (nSPS) is 16.6. The Labute approximate surface area is 220 Å². The van der Waals surface area contributed by atoms with E-state index in [2.05, 4.69) is 27.8 Å². The van der Waals surface area contributed by atoms with Crippen molar-refractivity contribution in [3.8, 4) is 0 Å². The molecule has 0 aromatic heterocycles. The molecule has 0 saturated heterocycles. The van der Waals surface area contributed by atoms with Crippen molar-refractivity contribution in [1.29, 1.82) is 0 Å². The van der Waals surface area contributed by atoms with E-state index < -0.39 is 33.7 Å². The topological polar surface area (TPSA) is 102 Å². The number of benzene rings is 2. The van der Waals surface area contributed by atoms with E-state index >= 15 is 0 Å². The number of sulfonamides is 1. The molecule has 8 nitrogen and oxygen atoms in total. The number of rotatable bonds is 7. The van der Waals surface area contributed by atoms with Crippen LogP contribution in [0.4, 0.5) is 4.79 Å². The van der Waals surface area contributed by atoms with Gasteiger partial charge in [-0.15, -0.1) is 0 Å². The van der Waals surface area contributed by atoms with E-state index in [1.54, 1.807) is 69.3 Å². The molecule has 0 saturated carbocycles. The fourth-order valence-electron chi connectivity index (χ4n) is 3.44. The molecule has 1 heterocycles. The second-order valence-electron chi connectivity index (χ2n) is 9.24. The first-order valence-electron chi connectivity index (χ1n) is 11.2. The van der Waals surface area contributed by atoms with E-state index in [4.69, 9.17) is 9.47 Å². The van der Waals surface area contributed by atoms with E-state index in [9.17, 15) is 18.0 Å². The summed E-state index contributed by atoms with van der Waals surface area (Å²) in [5, 5.41) is 2.71. The first kappa shape index (κ1) is 27.6. The maximum atomic E-state index is 13.4. The second-order valence-corrected chi connectivity index (χ2v) is 12.1. The molecule has 1 N–H and O–H groups in total. The lowest BCUT2D eigenvalue weighted by atomic mass is 10.0. The minimum atomic E-state index is -3.89. The summed E-state index contributed by atoms with van der Waals surface area (Å²) in [4.78, 5) is 24.9. The minimum absolute atomic E-state index is 0.00176. The third-order valence-electron chi connectivity index (χ3n) is 5.14. The second kappa shape index (κ2) is 11.4. The van der Waals surface area contributed by atoms with Gasteiger partial charge in [-0.05, 0) is 68.3 Å². The summed E-state index contributed by atoms with van der Waals surface area (Å²) in [6.45, 7) is 9.09. The lowest BCUT2D eigenvalue weighted by Gasteiger charge is -2.33. The van der Waals surface area contributed by atoms with E-state index in [0.717, 1.165) is 4.47 Å². The molecule has 0 spiro atoms. The van der Waals surface area contributed by atoms with Crippen molar-refractivity contribution in [2.24, 2.45) is 0 Å². The zero-order valence-electron chi connectivity index (χ0n) is 20.4.